The number of hydrogen-bond donors (Lipinski definition) is 1. The Morgan fingerprint density at radius 1 is 1.10 bits per heavy atom. The summed E-state index contributed by atoms with van der Waals surface area (Å²) in [5.74, 6) is 1.18. The number of morpholine rings is 1. The van der Waals surface area contributed by atoms with Crippen molar-refractivity contribution < 1.29 is 4.74 Å². The molecule has 1 saturated heterocycles. The lowest BCUT2D eigenvalue weighted by atomic mass is 10.2. The van der Waals surface area contributed by atoms with E-state index >= 15 is 0 Å². The number of hydrogen-bond acceptors (Lipinski definition) is 8. The van der Waals surface area contributed by atoms with Gasteiger partial charge in [0, 0.05) is 25.5 Å². The van der Waals surface area contributed by atoms with E-state index in [1.807, 2.05) is 28.8 Å². The molecule has 1 aromatic carbocycles. The highest BCUT2D eigenvalue weighted by Crippen LogP contribution is 2.25. The van der Waals surface area contributed by atoms with Crippen molar-refractivity contribution in [2.45, 2.75) is 6.92 Å². The SMILES string of the molecule is Cc1cccc(/C=N/Nc2nc(N3CCOCC3)nc3c2ncn3-c2ccncc2)c1. The third kappa shape index (κ3) is 4.08. The first-order valence-electron chi connectivity index (χ1n) is 10.1. The van der Waals surface area contributed by atoms with E-state index in [-0.39, 0.29) is 0 Å². The van der Waals surface area contributed by atoms with Crippen LogP contribution >= 0.6 is 0 Å². The average Bonchev–Trinajstić information content (AvgIpc) is 3.24. The van der Waals surface area contributed by atoms with Crippen LogP contribution in [0, 0.1) is 6.92 Å². The number of aryl methyl sites for hydroxylation is 1. The number of hydrazone groups is 1. The largest absolute Gasteiger partial charge is 0.378 e. The normalized spacial score (nSPS) is 14.4. The van der Waals surface area contributed by atoms with Gasteiger partial charge in [-0.25, -0.2) is 4.98 Å². The van der Waals surface area contributed by atoms with Crippen LogP contribution in [0.3, 0.4) is 0 Å². The summed E-state index contributed by atoms with van der Waals surface area (Å²) >= 11 is 0. The summed E-state index contributed by atoms with van der Waals surface area (Å²) in [6.45, 7) is 4.83. The Bertz CT molecular complexity index is 1210. The fraction of sp³-hybridized carbons (Fsp3) is 0.227. The van der Waals surface area contributed by atoms with Crippen LogP contribution in [0.1, 0.15) is 11.1 Å². The number of nitrogens with one attached hydrogen (secondary N) is 1. The standard InChI is InChI=1S/C22H22N8O/c1-16-3-2-4-17(13-16)14-25-28-20-19-21(27-22(26-20)29-9-11-31-12-10-29)30(15-24-19)18-5-7-23-8-6-18/h2-8,13-15H,9-12H2,1H3,(H,26,27,28)/b25-14+. The van der Waals surface area contributed by atoms with Crippen LogP contribution in [0.15, 0.2) is 60.2 Å². The Balaban J connectivity index is 1.54. The average molecular weight is 414 g/mol. The highest BCUT2D eigenvalue weighted by molar-refractivity contribution is 5.87. The number of rotatable bonds is 5. The highest BCUT2D eigenvalue weighted by atomic mass is 16.5. The van der Waals surface area contributed by atoms with Crippen LogP contribution in [0.2, 0.25) is 0 Å². The molecule has 0 aliphatic carbocycles. The molecule has 9 heteroatoms. The Hall–Kier alpha value is -3.85. The van der Waals surface area contributed by atoms with Gasteiger partial charge in [-0.1, -0.05) is 29.8 Å². The molecule has 4 heterocycles. The molecule has 0 amide bonds. The molecule has 4 aromatic rings. The van der Waals surface area contributed by atoms with Crippen molar-refractivity contribution >= 4 is 29.1 Å². The molecule has 1 aliphatic heterocycles. The zero-order valence-electron chi connectivity index (χ0n) is 17.1. The maximum atomic E-state index is 5.48. The second-order valence-electron chi connectivity index (χ2n) is 7.25. The van der Waals surface area contributed by atoms with Crippen molar-refractivity contribution in [3.05, 3.63) is 66.2 Å². The van der Waals surface area contributed by atoms with Gasteiger partial charge >= 0.3 is 0 Å². The molecule has 1 aliphatic rings. The lowest BCUT2D eigenvalue weighted by Gasteiger charge is -2.27. The summed E-state index contributed by atoms with van der Waals surface area (Å²) in [6.07, 6.45) is 7.01. The molecule has 3 aromatic heterocycles. The van der Waals surface area contributed by atoms with Crippen molar-refractivity contribution in [1.29, 1.82) is 0 Å². The number of anilines is 2. The molecule has 0 radical (unpaired) electrons. The van der Waals surface area contributed by atoms with Gasteiger partial charge in [0.15, 0.2) is 17.0 Å². The van der Waals surface area contributed by atoms with E-state index in [1.54, 1.807) is 24.9 Å². The first-order chi connectivity index (χ1) is 15.3. The van der Waals surface area contributed by atoms with E-state index < -0.39 is 0 Å². The van der Waals surface area contributed by atoms with E-state index in [2.05, 4.69) is 44.5 Å². The van der Waals surface area contributed by atoms with Crippen molar-refractivity contribution in [3.8, 4) is 5.69 Å². The fourth-order valence-corrected chi connectivity index (χ4v) is 3.48. The second kappa shape index (κ2) is 8.49. The Morgan fingerprint density at radius 3 is 2.74 bits per heavy atom. The van der Waals surface area contributed by atoms with Gasteiger partial charge in [0.25, 0.3) is 0 Å². The van der Waals surface area contributed by atoms with Gasteiger partial charge in [-0.2, -0.15) is 15.1 Å². The summed E-state index contributed by atoms with van der Waals surface area (Å²) < 4.78 is 7.41. The Labute approximate surface area is 179 Å². The summed E-state index contributed by atoms with van der Waals surface area (Å²) in [4.78, 5) is 20.3. The van der Waals surface area contributed by atoms with Gasteiger partial charge in [0.1, 0.15) is 6.33 Å². The van der Waals surface area contributed by atoms with E-state index in [9.17, 15) is 0 Å². The van der Waals surface area contributed by atoms with Gasteiger partial charge in [0.05, 0.1) is 25.1 Å². The number of nitrogens with zero attached hydrogens (tertiary/aromatic N) is 7. The van der Waals surface area contributed by atoms with Crippen LogP contribution in [0.5, 0.6) is 0 Å². The number of pyridine rings is 1. The predicted molar refractivity (Wildman–Crippen MR) is 120 cm³/mol. The van der Waals surface area contributed by atoms with Crippen LogP contribution in [0.4, 0.5) is 11.8 Å². The monoisotopic (exact) mass is 414 g/mol. The number of imidazole rings is 1. The van der Waals surface area contributed by atoms with Crippen LogP contribution in [0.25, 0.3) is 16.9 Å². The Morgan fingerprint density at radius 2 is 1.94 bits per heavy atom. The number of fused-ring (bicyclic) bond motifs is 1. The van der Waals surface area contributed by atoms with Crippen LogP contribution in [-0.2, 0) is 4.74 Å². The molecule has 0 atom stereocenters. The molecular formula is C22H22N8O. The fourth-order valence-electron chi connectivity index (χ4n) is 3.48. The molecule has 0 bridgehead atoms. The number of benzene rings is 1. The van der Waals surface area contributed by atoms with Gasteiger partial charge in [-0.15, -0.1) is 0 Å². The molecule has 31 heavy (non-hydrogen) atoms. The smallest absolute Gasteiger partial charge is 0.229 e. The summed E-state index contributed by atoms with van der Waals surface area (Å²) in [5.41, 5.74) is 7.54. The first kappa shape index (κ1) is 19.1. The third-order valence-corrected chi connectivity index (χ3v) is 5.05. The quantitative estimate of drug-likeness (QED) is 0.396. The van der Waals surface area contributed by atoms with Crippen LogP contribution in [-0.4, -0.2) is 57.0 Å². The summed E-state index contributed by atoms with van der Waals surface area (Å²) in [5, 5.41) is 4.40. The maximum absolute atomic E-state index is 5.48. The number of ether oxygens (including phenoxy) is 1. The summed E-state index contributed by atoms with van der Waals surface area (Å²) in [6, 6.07) is 12.0. The van der Waals surface area contributed by atoms with E-state index in [4.69, 9.17) is 14.7 Å². The molecule has 0 spiro atoms. The van der Waals surface area contributed by atoms with E-state index in [0.29, 0.717) is 36.1 Å². The highest BCUT2D eigenvalue weighted by Gasteiger charge is 2.19. The van der Waals surface area contributed by atoms with Gasteiger partial charge in [-0.05, 0) is 24.6 Å². The molecule has 9 nitrogen and oxygen atoms in total. The number of aromatic nitrogens is 5. The summed E-state index contributed by atoms with van der Waals surface area (Å²) in [7, 11) is 0. The van der Waals surface area contributed by atoms with Gasteiger partial charge in [-0.3, -0.25) is 15.0 Å². The van der Waals surface area contributed by atoms with Crippen LogP contribution < -0.4 is 10.3 Å². The molecular weight excluding hydrogens is 392 g/mol. The molecule has 1 fully saturated rings. The molecule has 0 saturated carbocycles. The Kier molecular flexibility index (Phi) is 5.24. The minimum Gasteiger partial charge on any atom is -0.378 e. The minimum atomic E-state index is 0.559. The van der Waals surface area contributed by atoms with Gasteiger partial charge in [0.2, 0.25) is 5.95 Å². The topological polar surface area (TPSA) is 93.4 Å². The zero-order valence-corrected chi connectivity index (χ0v) is 17.1. The lowest BCUT2D eigenvalue weighted by Crippen LogP contribution is -2.37. The van der Waals surface area contributed by atoms with Crippen molar-refractivity contribution in [2.24, 2.45) is 5.10 Å². The lowest BCUT2D eigenvalue weighted by molar-refractivity contribution is 0.122. The van der Waals surface area contributed by atoms with Crippen molar-refractivity contribution in [2.75, 3.05) is 36.6 Å². The molecule has 156 valence electrons. The molecule has 1 N–H and O–H groups in total. The molecule has 0 unspecified atom stereocenters. The predicted octanol–water partition coefficient (Wildman–Crippen LogP) is 2.80. The third-order valence-electron chi connectivity index (χ3n) is 5.05. The molecule has 5 rings (SSSR count). The minimum absolute atomic E-state index is 0.559. The zero-order chi connectivity index (χ0) is 21.0. The maximum Gasteiger partial charge on any atom is 0.229 e. The van der Waals surface area contributed by atoms with E-state index in [0.717, 1.165) is 24.3 Å². The van der Waals surface area contributed by atoms with E-state index in [1.165, 1.54) is 5.56 Å². The first-order valence-corrected chi connectivity index (χ1v) is 10.1. The van der Waals surface area contributed by atoms with Crippen molar-refractivity contribution in [3.63, 3.8) is 0 Å². The van der Waals surface area contributed by atoms with Gasteiger partial charge < -0.3 is 9.64 Å². The van der Waals surface area contributed by atoms with Crippen molar-refractivity contribution in [1.82, 2.24) is 24.5 Å². The second-order valence-corrected chi connectivity index (χ2v) is 7.25.